The standard InChI is InChI=1S/4BrH.Sb/h4*1H;/q;;;;+3/p-4. The van der Waals surface area contributed by atoms with E-state index in [0.717, 1.165) is 0 Å². The molecule has 0 aliphatic carbocycles. The fourth-order valence-corrected chi connectivity index (χ4v) is 0. The molecule has 0 bridgehead atoms. The predicted molar refractivity (Wildman–Crippen MR) is 41.5 cm³/mol. The Bertz CT molecular complexity index is 19.1. The van der Waals surface area contributed by atoms with Crippen molar-refractivity contribution in [2.75, 3.05) is 0 Å². The van der Waals surface area contributed by atoms with E-state index in [2.05, 4.69) is 50.4 Å². The predicted octanol–water partition coefficient (Wildman–Crippen LogP) is 3.00. The minimum absolute atomic E-state index is 1.85. The summed E-state index contributed by atoms with van der Waals surface area (Å²) < 4.78 is 0. The van der Waals surface area contributed by atoms with E-state index in [1.54, 1.807) is 0 Å². The van der Waals surface area contributed by atoms with Crippen LogP contribution in [0.5, 0.6) is 0 Å². The number of hydrogen-bond donors (Lipinski definition) is 0. The molecule has 0 aliphatic rings. The maximum atomic E-state index is 3.32. The van der Waals surface area contributed by atoms with E-state index in [1.165, 1.54) is 0 Å². The second-order valence-corrected chi connectivity index (χ2v) is 69.4. The van der Waals surface area contributed by atoms with Crippen molar-refractivity contribution in [2.24, 2.45) is 0 Å². The summed E-state index contributed by atoms with van der Waals surface area (Å²) in [5.41, 5.74) is 0. The fraction of sp³-hybridized carbons (Fsp3) is 0. The summed E-state index contributed by atoms with van der Waals surface area (Å²) >= 11 is 13.3. The Kier molecular flexibility index (Phi) is 4.50. The Morgan fingerprint density at radius 3 is 0.800 bits per heavy atom. The molecular weight excluding hydrogens is 441 g/mol. The molecule has 0 aromatic rings. The Hall–Kier alpha value is 2.74. The van der Waals surface area contributed by atoms with Crippen molar-refractivity contribution in [3.8, 4) is 0 Å². The first-order valence-electron chi connectivity index (χ1n) is 0.676. The molecule has 0 rings (SSSR count). The van der Waals surface area contributed by atoms with Gasteiger partial charge in [0, 0.05) is 0 Å². The normalized spacial score (nSPS) is 15.2. The first-order valence-corrected chi connectivity index (χ1v) is 23.6. The van der Waals surface area contributed by atoms with Crippen molar-refractivity contribution in [1.82, 2.24) is 0 Å². The minimum atomic E-state index is -1.85. The van der Waals surface area contributed by atoms with Gasteiger partial charge in [-0.1, -0.05) is 0 Å². The van der Waals surface area contributed by atoms with Gasteiger partial charge in [-0.15, -0.1) is 0 Å². The molecule has 0 heterocycles. The van der Waals surface area contributed by atoms with Crippen LogP contribution in [0.2, 0.25) is 0 Å². The molecular formula is Br4Sb-. The van der Waals surface area contributed by atoms with E-state index in [4.69, 9.17) is 0 Å². The van der Waals surface area contributed by atoms with Crippen LogP contribution in [0.1, 0.15) is 0 Å². The van der Waals surface area contributed by atoms with Gasteiger partial charge in [-0.25, -0.2) is 0 Å². The zero-order valence-corrected chi connectivity index (χ0v) is 10.9. The van der Waals surface area contributed by atoms with Gasteiger partial charge in [0.25, 0.3) is 0 Å². The van der Waals surface area contributed by atoms with Crippen molar-refractivity contribution < 1.29 is 0 Å². The summed E-state index contributed by atoms with van der Waals surface area (Å²) in [6, 6.07) is 0. The summed E-state index contributed by atoms with van der Waals surface area (Å²) in [5.74, 6) is 0. The molecule has 0 saturated carbocycles. The Morgan fingerprint density at radius 1 is 0.800 bits per heavy atom. The molecule has 0 unspecified atom stereocenters. The Labute approximate surface area is 58.8 Å². The number of hydrogen-bond acceptors (Lipinski definition) is 0. The third kappa shape index (κ3) is 20.2. The van der Waals surface area contributed by atoms with Crippen LogP contribution in [-0.2, 0) is 0 Å². The van der Waals surface area contributed by atoms with Crippen molar-refractivity contribution >= 4 is 60.2 Å². The molecule has 0 saturated heterocycles. The van der Waals surface area contributed by atoms with Crippen molar-refractivity contribution in [2.45, 2.75) is 0 Å². The van der Waals surface area contributed by atoms with Crippen LogP contribution in [0.3, 0.4) is 0 Å². The quantitative estimate of drug-likeness (QED) is 0.508. The summed E-state index contributed by atoms with van der Waals surface area (Å²) in [4.78, 5) is 0. The maximum absolute atomic E-state index is 3.32. The van der Waals surface area contributed by atoms with Crippen LogP contribution in [0, 0.1) is 0 Å². The van der Waals surface area contributed by atoms with Crippen LogP contribution in [0.25, 0.3) is 0 Å². The number of halogens is 4. The summed E-state index contributed by atoms with van der Waals surface area (Å²) in [5, 5.41) is 0. The van der Waals surface area contributed by atoms with Gasteiger partial charge in [-0.05, 0) is 0 Å². The molecule has 34 valence electrons. The van der Waals surface area contributed by atoms with Gasteiger partial charge in [0.15, 0.2) is 0 Å². The van der Waals surface area contributed by atoms with Crippen LogP contribution in [0.15, 0.2) is 0 Å². The summed E-state index contributed by atoms with van der Waals surface area (Å²) in [6.45, 7) is 0. The first kappa shape index (κ1) is 7.74. The van der Waals surface area contributed by atoms with Crippen LogP contribution < -0.4 is 0 Å². The molecule has 0 aromatic carbocycles. The topological polar surface area (TPSA) is 0 Å². The van der Waals surface area contributed by atoms with Crippen LogP contribution in [0.4, 0.5) is 0 Å². The van der Waals surface area contributed by atoms with E-state index in [1.807, 2.05) is 0 Å². The van der Waals surface area contributed by atoms with Crippen molar-refractivity contribution in [1.29, 1.82) is 0 Å². The van der Waals surface area contributed by atoms with E-state index in [-0.39, 0.29) is 0 Å². The molecule has 0 aromatic heterocycles. The van der Waals surface area contributed by atoms with Crippen molar-refractivity contribution in [3.05, 3.63) is 0 Å². The van der Waals surface area contributed by atoms with E-state index < -0.39 is 9.80 Å². The molecule has 0 amide bonds. The second kappa shape index (κ2) is 2.91. The Balaban J connectivity index is 3.02. The molecule has 0 aliphatic heterocycles. The van der Waals surface area contributed by atoms with E-state index in [0.29, 0.717) is 0 Å². The molecule has 0 N–H and O–H groups in total. The van der Waals surface area contributed by atoms with E-state index >= 15 is 0 Å². The second-order valence-electron chi connectivity index (χ2n) is 0.383. The first-order chi connectivity index (χ1) is 2.00. The molecule has 0 nitrogen and oxygen atoms in total. The molecule has 5 heavy (non-hydrogen) atoms. The zero-order valence-electron chi connectivity index (χ0n) is 1.96. The molecule has 0 fully saturated rings. The summed E-state index contributed by atoms with van der Waals surface area (Å²) in [6.07, 6.45) is 0. The van der Waals surface area contributed by atoms with Gasteiger partial charge in [-0.2, -0.15) is 0 Å². The average molecular weight is 441 g/mol. The summed E-state index contributed by atoms with van der Waals surface area (Å²) in [7, 11) is -1.85. The fourth-order valence-electron chi connectivity index (χ4n) is 0. The number of rotatable bonds is 0. The molecule has 0 spiro atoms. The molecule has 0 atom stereocenters. The third-order valence-corrected chi connectivity index (χ3v) is 0. The van der Waals surface area contributed by atoms with Crippen molar-refractivity contribution in [3.63, 3.8) is 0 Å². The average Bonchev–Trinajstić information content (AvgIpc) is 0.722. The van der Waals surface area contributed by atoms with Gasteiger partial charge in [0.2, 0.25) is 0 Å². The molecule has 0 radical (unpaired) electrons. The van der Waals surface area contributed by atoms with Gasteiger partial charge in [-0.3, -0.25) is 0 Å². The van der Waals surface area contributed by atoms with Gasteiger partial charge < -0.3 is 0 Å². The monoisotopic (exact) mass is 437 g/mol. The van der Waals surface area contributed by atoms with Gasteiger partial charge >= 0.3 is 60.2 Å². The SMILES string of the molecule is [Br][Sb-]([Br])([Br])[Br]. The molecule has 5 heteroatoms. The van der Waals surface area contributed by atoms with Crippen LogP contribution in [-0.4, -0.2) is 9.80 Å². The van der Waals surface area contributed by atoms with Gasteiger partial charge in [0.05, 0.1) is 0 Å². The van der Waals surface area contributed by atoms with Gasteiger partial charge in [0.1, 0.15) is 0 Å². The Morgan fingerprint density at radius 2 is 0.800 bits per heavy atom. The zero-order chi connectivity index (χ0) is 4.50. The third-order valence-electron chi connectivity index (χ3n) is 0. The van der Waals surface area contributed by atoms with Crippen LogP contribution >= 0.6 is 50.4 Å². The van der Waals surface area contributed by atoms with E-state index in [9.17, 15) is 0 Å².